The van der Waals surface area contributed by atoms with Crippen LogP contribution in [0, 0.1) is 11.3 Å². The molecule has 0 atom stereocenters. The number of carbonyl (C=O) groups is 1. The second-order valence-corrected chi connectivity index (χ2v) is 6.21. The van der Waals surface area contributed by atoms with Crippen LogP contribution in [-0.4, -0.2) is 41.9 Å². The third-order valence-electron chi connectivity index (χ3n) is 4.34. The molecule has 0 unspecified atom stereocenters. The second-order valence-electron chi connectivity index (χ2n) is 6.21. The molecule has 2 aromatic rings. The van der Waals surface area contributed by atoms with E-state index in [9.17, 15) is 10.1 Å². The zero-order chi connectivity index (χ0) is 18.2. The third kappa shape index (κ3) is 4.98. The van der Waals surface area contributed by atoms with Crippen molar-refractivity contribution in [2.24, 2.45) is 0 Å². The molecule has 0 bridgehead atoms. The first-order valence-corrected chi connectivity index (χ1v) is 8.67. The number of nitrogens with one attached hydrogen (secondary N) is 1. The van der Waals surface area contributed by atoms with Crippen LogP contribution in [0.2, 0.25) is 0 Å². The Hall–Kier alpha value is -3.04. The van der Waals surface area contributed by atoms with Crippen LogP contribution in [0.4, 0.5) is 0 Å². The maximum absolute atomic E-state index is 12.2. The van der Waals surface area contributed by atoms with Gasteiger partial charge >= 0.3 is 0 Å². The van der Waals surface area contributed by atoms with Crippen molar-refractivity contribution in [1.29, 1.82) is 5.26 Å². The van der Waals surface area contributed by atoms with Gasteiger partial charge in [0, 0.05) is 38.9 Å². The molecule has 1 N–H and O–H groups in total. The molecule has 1 aromatic heterocycles. The van der Waals surface area contributed by atoms with Gasteiger partial charge in [-0.3, -0.25) is 9.69 Å². The Morgan fingerprint density at radius 3 is 2.58 bits per heavy atom. The number of furan rings is 1. The zero-order valence-corrected chi connectivity index (χ0v) is 14.6. The van der Waals surface area contributed by atoms with E-state index in [-0.39, 0.29) is 18.0 Å². The fourth-order valence-electron chi connectivity index (χ4n) is 2.89. The number of rotatable bonds is 6. The molecular weight excluding hydrogens is 328 g/mol. The van der Waals surface area contributed by atoms with Gasteiger partial charge in [0.1, 0.15) is 17.4 Å². The first-order valence-electron chi connectivity index (χ1n) is 8.67. The van der Waals surface area contributed by atoms with Crippen LogP contribution in [-0.2, 0) is 17.9 Å². The summed E-state index contributed by atoms with van der Waals surface area (Å²) in [7, 11) is 0. The van der Waals surface area contributed by atoms with Crippen molar-refractivity contribution in [3.05, 3.63) is 71.8 Å². The third-order valence-corrected chi connectivity index (χ3v) is 4.34. The van der Waals surface area contributed by atoms with E-state index in [1.54, 1.807) is 24.6 Å². The molecule has 26 heavy (non-hydrogen) atoms. The van der Waals surface area contributed by atoms with Crippen molar-refractivity contribution in [3.8, 4) is 6.07 Å². The summed E-state index contributed by atoms with van der Waals surface area (Å²) in [6, 6.07) is 15.9. The highest BCUT2D eigenvalue weighted by molar-refractivity contribution is 5.97. The first-order chi connectivity index (χ1) is 12.7. The molecule has 1 aromatic carbocycles. The Morgan fingerprint density at radius 1 is 1.15 bits per heavy atom. The fraction of sp³-hybridized carbons (Fsp3) is 0.300. The Balaban J connectivity index is 1.49. The van der Waals surface area contributed by atoms with Crippen LogP contribution in [0.15, 0.2) is 64.9 Å². The van der Waals surface area contributed by atoms with Crippen molar-refractivity contribution in [3.63, 3.8) is 0 Å². The highest BCUT2D eigenvalue weighted by Gasteiger charge is 2.17. The molecule has 6 heteroatoms. The average Bonchev–Trinajstić information content (AvgIpc) is 3.20. The molecule has 3 rings (SSSR count). The van der Waals surface area contributed by atoms with E-state index in [0.29, 0.717) is 5.76 Å². The number of carbonyl (C=O) groups excluding carboxylic acids is 1. The number of nitriles is 1. The minimum absolute atomic E-state index is 0.119. The van der Waals surface area contributed by atoms with Crippen LogP contribution in [0.5, 0.6) is 0 Å². The van der Waals surface area contributed by atoms with E-state index in [1.807, 2.05) is 17.0 Å². The number of hydrogen-bond acceptors (Lipinski definition) is 5. The van der Waals surface area contributed by atoms with Gasteiger partial charge in [-0.2, -0.15) is 5.26 Å². The SMILES string of the molecule is N#CC(=CN1CCN(Cc2ccccc2)CC1)C(=O)NCc1ccco1. The smallest absolute Gasteiger partial charge is 0.263 e. The van der Waals surface area contributed by atoms with Gasteiger partial charge in [-0.1, -0.05) is 30.3 Å². The Labute approximate surface area is 153 Å². The van der Waals surface area contributed by atoms with Crippen LogP contribution in [0.1, 0.15) is 11.3 Å². The Bertz CT molecular complexity index is 770. The Morgan fingerprint density at radius 2 is 1.92 bits per heavy atom. The molecule has 0 saturated carbocycles. The van der Waals surface area contributed by atoms with Gasteiger partial charge in [0.25, 0.3) is 5.91 Å². The van der Waals surface area contributed by atoms with Crippen molar-refractivity contribution in [1.82, 2.24) is 15.1 Å². The number of amides is 1. The molecular formula is C20H22N4O2. The molecule has 1 saturated heterocycles. The van der Waals surface area contributed by atoms with Gasteiger partial charge < -0.3 is 14.6 Å². The maximum atomic E-state index is 12.2. The summed E-state index contributed by atoms with van der Waals surface area (Å²) in [4.78, 5) is 16.6. The van der Waals surface area contributed by atoms with Crippen molar-refractivity contribution >= 4 is 5.91 Å². The van der Waals surface area contributed by atoms with Crippen LogP contribution in [0.3, 0.4) is 0 Å². The highest BCUT2D eigenvalue weighted by atomic mass is 16.3. The van der Waals surface area contributed by atoms with Gasteiger partial charge in [-0.05, 0) is 17.7 Å². The summed E-state index contributed by atoms with van der Waals surface area (Å²) in [5.74, 6) is 0.279. The standard InChI is InChI=1S/C20H22N4O2/c21-13-18(20(25)22-14-19-7-4-12-26-19)16-24-10-8-23(9-11-24)15-17-5-2-1-3-6-17/h1-7,12,16H,8-11,14-15H2,(H,22,25). The quantitative estimate of drug-likeness (QED) is 0.638. The molecule has 2 heterocycles. The summed E-state index contributed by atoms with van der Waals surface area (Å²) in [6.07, 6.45) is 3.22. The summed E-state index contributed by atoms with van der Waals surface area (Å²) < 4.78 is 5.17. The molecule has 1 amide bonds. The van der Waals surface area contributed by atoms with E-state index in [2.05, 4.69) is 34.5 Å². The lowest BCUT2D eigenvalue weighted by atomic mass is 10.2. The van der Waals surface area contributed by atoms with Crippen molar-refractivity contribution in [2.75, 3.05) is 26.2 Å². The predicted octanol–water partition coefficient (Wildman–Crippen LogP) is 2.12. The zero-order valence-electron chi connectivity index (χ0n) is 14.6. The average molecular weight is 350 g/mol. The topological polar surface area (TPSA) is 72.5 Å². The minimum atomic E-state index is -0.379. The Kier molecular flexibility index (Phi) is 6.07. The molecule has 0 radical (unpaired) electrons. The van der Waals surface area contributed by atoms with E-state index in [4.69, 9.17) is 4.42 Å². The van der Waals surface area contributed by atoms with Crippen LogP contribution < -0.4 is 5.32 Å². The lowest BCUT2D eigenvalue weighted by Gasteiger charge is -2.34. The van der Waals surface area contributed by atoms with Crippen LogP contribution >= 0.6 is 0 Å². The monoisotopic (exact) mass is 350 g/mol. The summed E-state index contributed by atoms with van der Waals surface area (Å²) >= 11 is 0. The van der Waals surface area contributed by atoms with Gasteiger partial charge in [-0.25, -0.2) is 0 Å². The molecule has 0 aliphatic carbocycles. The van der Waals surface area contributed by atoms with Gasteiger partial charge in [0.05, 0.1) is 12.8 Å². The van der Waals surface area contributed by atoms with Gasteiger partial charge in [0.15, 0.2) is 0 Å². The molecule has 0 spiro atoms. The van der Waals surface area contributed by atoms with Crippen LogP contribution in [0.25, 0.3) is 0 Å². The number of benzene rings is 1. The van der Waals surface area contributed by atoms with Crippen molar-refractivity contribution in [2.45, 2.75) is 13.1 Å². The fourth-order valence-corrected chi connectivity index (χ4v) is 2.89. The summed E-state index contributed by atoms with van der Waals surface area (Å²) in [6.45, 7) is 4.59. The highest BCUT2D eigenvalue weighted by Crippen LogP contribution is 2.10. The molecule has 6 nitrogen and oxygen atoms in total. The second kappa shape index (κ2) is 8.88. The normalized spacial score (nSPS) is 15.5. The van der Waals surface area contributed by atoms with Gasteiger partial charge in [-0.15, -0.1) is 0 Å². The van der Waals surface area contributed by atoms with Gasteiger partial charge in [0.2, 0.25) is 0 Å². The number of hydrogen-bond donors (Lipinski definition) is 1. The summed E-state index contributed by atoms with van der Waals surface area (Å²) in [5.41, 5.74) is 1.42. The van der Waals surface area contributed by atoms with E-state index in [1.165, 1.54) is 5.56 Å². The first kappa shape index (κ1) is 17.8. The predicted molar refractivity (Wildman–Crippen MR) is 97.5 cm³/mol. The molecule has 1 aliphatic rings. The lowest BCUT2D eigenvalue weighted by molar-refractivity contribution is -0.117. The summed E-state index contributed by atoms with van der Waals surface area (Å²) in [5, 5.41) is 12.0. The maximum Gasteiger partial charge on any atom is 0.263 e. The number of nitrogens with zero attached hydrogens (tertiary/aromatic N) is 3. The largest absolute Gasteiger partial charge is 0.467 e. The van der Waals surface area contributed by atoms with Crippen molar-refractivity contribution < 1.29 is 9.21 Å². The molecule has 1 aliphatic heterocycles. The van der Waals surface area contributed by atoms with E-state index in [0.717, 1.165) is 32.7 Å². The molecule has 134 valence electrons. The lowest BCUT2D eigenvalue weighted by Crippen LogP contribution is -2.44. The number of piperazine rings is 1. The van der Waals surface area contributed by atoms with E-state index >= 15 is 0 Å². The van der Waals surface area contributed by atoms with E-state index < -0.39 is 0 Å². The minimum Gasteiger partial charge on any atom is -0.467 e. The molecule has 1 fully saturated rings.